The van der Waals surface area contributed by atoms with Gasteiger partial charge in [-0.2, -0.15) is 0 Å². The average Bonchev–Trinajstić information content (AvgIpc) is 2.37. The van der Waals surface area contributed by atoms with Gasteiger partial charge in [0, 0.05) is 13.1 Å². The SMILES string of the molecule is COC1=CC(CN(C)C)C(C)CC(CN(C)C)=C1. The molecule has 0 saturated carbocycles. The van der Waals surface area contributed by atoms with Gasteiger partial charge in [-0.15, -0.1) is 0 Å². The highest BCUT2D eigenvalue weighted by atomic mass is 16.5. The van der Waals surface area contributed by atoms with Crippen LogP contribution in [0.5, 0.6) is 0 Å². The predicted octanol–water partition coefficient (Wildman–Crippen LogP) is 2.22. The van der Waals surface area contributed by atoms with Gasteiger partial charge in [0.25, 0.3) is 0 Å². The normalized spacial score (nSPS) is 24.9. The summed E-state index contributed by atoms with van der Waals surface area (Å²) >= 11 is 0. The second-order valence-electron chi connectivity index (χ2n) is 5.92. The first kappa shape index (κ1) is 15.3. The van der Waals surface area contributed by atoms with E-state index >= 15 is 0 Å². The summed E-state index contributed by atoms with van der Waals surface area (Å²) in [5.41, 5.74) is 1.46. The van der Waals surface area contributed by atoms with Gasteiger partial charge in [-0.25, -0.2) is 0 Å². The summed E-state index contributed by atoms with van der Waals surface area (Å²) in [5, 5.41) is 0. The fourth-order valence-corrected chi connectivity index (χ4v) is 2.55. The highest BCUT2D eigenvalue weighted by Crippen LogP contribution is 2.28. The smallest absolute Gasteiger partial charge is 0.115 e. The maximum absolute atomic E-state index is 5.49. The molecule has 0 aromatic heterocycles. The number of rotatable bonds is 5. The van der Waals surface area contributed by atoms with Crippen LogP contribution in [0.3, 0.4) is 0 Å². The van der Waals surface area contributed by atoms with Crippen LogP contribution in [0, 0.1) is 11.8 Å². The van der Waals surface area contributed by atoms with Crippen molar-refractivity contribution in [3.63, 3.8) is 0 Å². The summed E-state index contributed by atoms with van der Waals surface area (Å²) < 4.78 is 5.49. The Balaban J connectivity index is 2.83. The molecule has 0 saturated heterocycles. The Bertz CT molecular complexity index is 318. The molecular weight excluding hydrogens is 224 g/mol. The molecule has 0 aliphatic heterocycles. The van der Waals surface area contributed by atoms with Crippen molar-refractivity contribution < 1.29 is 4.74 Å². The molecule has 3 heteroatoms. The maximum atomic E-state index is 5.49. The third kappa shape index (κ3) is 4.83. The highest BCUT2D eigenvalue weighted by Gasteiger charge is 2.21. The van der Waals surface area contributed by atoms with Crippen molar-refractivity contribution >= 4 is 0 Å². The van der Waals surface area contributed by atoms with Crippen molar-refractivity contribution in [3.8, 4) is 0 Å². The van der Waals surface area contributed by atoms with Gasteiger partial charge in [-0.1, -0.05) is 12.5 Å². The van der Waals surface area contributed by atoms with E-state index in [1.807, 2.05) is 0 Å². The molecule has 2 unspecified atom stereocenters. The van der Waals surface area contributed by atoms with Crippen LogP contribution in [0.25, 0.3) is 0 Å². The Morgan fingerprint density at radius 1 is 1.22 bits per heavy atom. The van der Waals surface area contributed by atoms with Crippen LogP contribution in [0.2, 0.25) is 0 Å². The van der Waals surface area contributed by atoms with Crippen LogP contribution in [-0.4, -0.2) is 58.2 Å². The molecule has 0 spiro atoms. The van der Waals surface area contributed by atoms with E-state index in [1.54, 1.807) is 7.11 Å². The molecule has 0 aromatic rings. The van der Waals surface area contributed by atoms with Crippen molar-refractivity contribution in [3.05, 3.63) is 23.5 Å². The number of ether oxygens (including phenoxy) is 1. The van der Waals surface area contributed by atoms with Crippen LogP contribution in [0.15, 0.2) is 23.5 Å². The molecule has 0 fully saturated rings. The van der Waals surface area contributed by atoms with Crippen molar-refractivity contribution in [2.75, 3.05) is 48.4 Å². The lowest BCUT2D eigenvalue weighted by atomic mass is 9.89. The summed E-state index contributed by atoms with van der Waals surface area (Å²) in [6.07, 6.45) is 5.65. The predicted molar refractivity (Wildman–Crippen MR) is 77.6 cm³/mol. The zero-order valence-electron chi connectivity index (χ0n) is 12.7. The Morgan fingerprint density at radius 2 is 1.89 bits per heavy atom. The third-order valence-electron chi connectivity index (χ3n) is 3.37. The van der Waals surface area contributed by atoms with Crippen molar-refractivity contribution in [2.24, 2.45) is 11.8 Å². The number of nitrogens with zero attached hydrogens (tertiary/aromatic N) is 2. The lowest BCUT2D eigenvalue weighted by molar-refractivity contribution is 0.277. The highest BCUT2D eigenvalue weighted by molar-refractivity contribution is 5.24. The molecule has 0 bridgehead atoms. The Kier molecular flexibility index (Phi) is 5.89. The van der Waals surface area contributed by atoms with Crippen LogP contribution < -0.4 is 0 Å². The molecule has 0 heterocycles. The Morgan fingerprint density at radius 3 is 2.39 bits per heavy atom. The van der Waals surface area contributed by atoms with E-state index in [0.29, 0.717) is 11.8 Å². The summed E-state index contributed by atoms with van der Waals surface area (Å²) in [6.45, 7) is 4.43. The van der Waals surface area contributed by atoms with Gasteiger partial charge in [-0.05, 0) is 58.6 Å². The molecule has 3 nitrogen and oxygen atoms in total. The van der Waals surface area contributed by atoms with E-state index in [-0.39, 0.29) is 0 Å². The molecule has 0 amide bonds. The summed E-state index contributed by atoms with van der Waals surface area (Å²) in [4.78, 5) is 4.47. The number of allylic oxidation sites excluding steroid dienone is 1. The molecule has 0 N–H and O–H groups in total. The number of hydrogen-bond donors (Lipinski definition) is 0. The van der Waals surface area contributed by atoms with Crippen LogP contribution in [-0.2, 0) is 4.74 Å². The molecule has 0 aromatic carbocycles. The molecule has 0 radical (unpaired) electrons. The zero-order chi connectivity index (χ0) is 13.7. The maximum Gasteiger partial charge on any atom is 0.115 e. The van der Waals surface area contributed by atoms with Gasteiger partial charge in [-0.3, -0.25) is 0 Å². The number of likely N-dealkylation sites (N-methyl/N-ethyl adjacent to an activating group) is 1. The van der Waals surface area contributed by atoms with Crippen LogP contribution in [0.4, 0.5) is 0 Å². The molecule has 18 heavy (non-hydrogen) atoms. The van der Waals surface area contributed by atoms with Gasteiger partial charge in [0.05, 0.1) is 7.11 Å². The fraction of sp³-hybridized carbons (Fsp3) is 0.733. The second-order valence-corrected chi connectivity index (χ2v) is 5.92. The third-order valence-corrected chi connectivity index (χ3v) is 3.37. The van der Waals surface area contributed by atoms with Crippen LogP contribution >= 0.6 is 0 Å². The van der Waals surface area contributed by atoms with Gasteiger partial charge in [0.15, 0.2) is 0 Å². The molecular formula is C15H28N2O. The lowest BCUT2D eigenvalue weighted by Crippen LogP contribution is -2.25. The monoisotopic (exact) mass is 252 g/mol. The minimum atomic E-state index is 0.561. The van der Waals surface area contributed by atoms with Crippen LogP contribution in [0.1, 0.15) is 13.3 Å². The Labute approximate surface area is 112 Å². The minimum Gasteiger partial charge on any atom is -0.497 e. The Hall–Kier alpha value is -0.800. The number of hydrogen-bond acceptors (Lipinski definition) is 3. The van der Waals surface area contributed by atoms with Crippen molar-refractivity contribution in [1.82, 2.24) is 9.80 Å². The quantitative estimate of drug-likeness (QED) is 0.746. The van der Waals surface area contributed by atoms with Crippen molar-refractivity contribution in [2.45, 2.75) is 13.3 Å². The molecule has 1 rings (SSSR count). The second kappa shape index (κ2) is 6.95. The van der Waals surface area contributed by atoms with Gasteiger partial charge < -0.3 is 14.5 Å². The van der Waals surface area contributed by atoms with E-state index in [1.165, 1.54) is 5.57 Å². The number of methoxy groups -OCH3 is 1. The van der Waals surface area contributed by atoms with E-state index in [2.05, 4.69) is 57.1 Å². The molecule has 1 aliphatic rings. The van der Waals surface area contributed by atoms with Gasteiger partial charge in [0.2, 0.25) is 0 Å². The average molecular weight is 252 g/mol. The van der Waals surface area contributed by atoms with E-state index in [0.717, 1.165) is 25.3 Å². The van der Waals surface area contributed by atoms with E-state index < -0.39 is 0 Å². The van der Waals surface area contributed by atoms with Crippen molar-refractivity contribution in [1.29, 1.82) is 0 Å². The standard InChI is InChI=1S/C15H28N2O/c1-12-7-13(10-16(2)3)8-15(18-6)9-14(12)11-17(4)5/h8-9,12,14H,7,10-11H2,1-6H3. The lowest BCUT2D eigenvalue weighted by Gasteiger charge is -2.24. The summed E-state index contributed by atoms with van der Waals surface area (Å²) in [7, 11) is 10.3. The van der Waals surface area contributed by atoms with Gasteiger partial charge >= 0.3 is 0 Å². The summed E-state index contributed by atoms with van der Waals surface area (Å²) in [6, 6.07) is 0. The van der Waals surface area contributed by atoms with E-state index in [4.69, 9.17) is 4.74 Å². The first-order valence-electron chi connectivity index (χ1n) is 6.67. The van der Waals surface area contributed by atoms with Gasteiger partial charge in [0.1, 0.15) is 5.76 Å². The first-order chi connectivity index (χ1) is 8.42. The molecule has 2 atom stereocenters. The molecule has 104 valence electrons. The first-order valence-corrected chi connectivity index (χ1v) is 6.67. The minimum absolute atomic E-state index is 0.561. The summed E-state index contributed by atoms with van der Waals surface area (Å²) in [5.74, 6) is 2.24. The fourth-order valence-electron chi connectivity index (χ4n) is 2.55. The molecule has 1 aliphatic carbocycles. The largest absolute Gasteiger partial charge is 0.497 e. The topological polar surface area (TPSA) is 15.7 Å². The van der Waals surface area contributed by atoms with E-state index in [9.17, 15) is 0 Å². The zero-order valence-corrected chi connectivity index (χ0v) is 12.7.